The van der Waals surface area contributed by atoms with Gasteiger partial charge in [-0.25, -0.2) is 4.79 Å². The Morgan fingerprint density at radius 2 is 1.82 bits per heavy atom. The number of hydrogen-bond acceptors (Lipinski definition) is 9. The maximum Gasteiger partial charge on any atom is 0.413 e. The van der Waals surface area contributed by atoms with Crippen LogP contribution < -0.4 is 16.0 Å². The van der Waals surface area contributed by atoms with Gasteiger partial charge in [0.25, 0.3) is 0 Å². The number of nitrogens with zero attached hydrogens (tertiary/aromatic N) is 5. The van der Waals surface area contributed by atoms with Gasteiger partial charge in [-0.15, -0.1) is 0 Å². The third-order valence-corrected chi connectivity index (χ3v) is 9.82. The van der Waals surface area contributed by atoms with E-state index < -0.39 is 11.5 Å². The van der Waals surface area contributed by atoms with E-state index in [0.29, 0.717) is 74.4 Å². The average Bonchev–Trinajstić information content (AvgIpc) is 3.84. The summed E-state index contributed by atoms with van der Waals surface area (Å²) >= 11 is 0. The number of benzene rings is 2. The van der Waals surface area contributed by atoms with Crippen molar-refractivity contribution in [3.05, 3.63) is 83.2 Å². The molecular formula is C36H43N9O4. The molecule has 6 rings (SSSR count). The van der Waals surface area contributed by atoms with Crippen molar-refractivity contribution in [2.24, 2.45) is 5.41 Å². The van der Waals surface area contributed by atoms with Gasteiger partial charge in [-0.2, -0.15) is 5.10 Å². The van der Waals surface area contributed by atoms with Crippen LogP contribution in [0.5, 0.6) is 0 Å². The number of likely N-dealkylation sites (tertiary alicyclic amines) is 1. The molecule has 3 amide bonds. The van der Waals surface area contributed by atoms with E-state index in [9.17, 15) is 14.4 Å². The summed E-state index contributed by atoms with van der Waals surface area (Å²) in [5, 5.41) is 23.4. The lowest BCUT2D eigenvalue weighted by Crippen LogP contribution is -2.43. The van der Waals surface area contributed by atoms with Crippen molar-refractivity contribution in [2.45, 2.75) is 39.2 Å². The van der Waals surface area contributed by atoms with Crippen LogP contribution in [0.1, 0.15) is 61.4 Å². The summed E-state index contributed by atoms with van der Waals surface area (Å²) in [5.41, 5.74) is 11.1. The molecule has 2 aromatic carbocycles. The zero-order valence-corrected chi connectivity index (χ0v) is 28.2. The summed E-state index contributed by atoms with van der Waals surface area (Å²) in [5.74, 6) is -0.116. The first kappa shape index (κ1) is 33.6. The fraction of sp³-hybridized carbons (Fsp3) is 0.389. The van der Waals surface area contributed by atoms with Crippen LogP contribution >= 0.6 is 0 Å². The molecule has 3 aliphatic heterocycles. The minimum absolute atomic E-state index is 0.0484. The average molecular weight is 666 g/mol. The second kappa shape index (κ2) is 13.7. The Labute approximate surface area is 285 Å². The number of aromatic nitrogens is 2. The lowest BCUT2D eigenvalue weighted by Gasteiger charge is -2.29. The number of alkyl carbamates (subject to hydrolysis) is 1. The Hall–Kier alpha value is -5.30. The lowest BCUT2D eigenvalue weighted by atomic mass is 9.85. The first-order valence-electron chi connectivity index (χ1n) is 16.6. The number of anilines is 2. The molecule has 256 valence electrons. The first-order chi connectivity index (χ1) is 23.5. The number of amides is 3. The molecular weight excluding hydrogens is 622 g/mol. The van der Waals surface area contributed by atoms with Crippen LogP contribution in [-0.4, -0.2) is 95.4 Å². The van der Waals surface area contributed by atoms with Crippen LogP contribution in [0.3, 0.4) is 0 Å². The van der Waals surface area contributed by atoms with Crippen molar-refractivity contribution < 1.29 is 19.1 Å². The Kier molecular flexibility index (Phi) is 9.37. The predicted octanol–water partition coefficient (Wildman–Crippen LogP) is 3.89. The monoisotopic (exact) mass is 665 g/mol. The smallest absolute Gasteiger partial charge is 0.398 e. The summed E-state index contributed by atoms with van der Waals surface area (Å²) in [6, 6.07) is 12.9. The number of nitrogens with two attached hydrogens (primary N) is 1. The minimum Gasteiger partial charge on any atom is -0.398 e. The van der Waals surface area contributed by atoms with Gasteiger partial charge in [0, 0.05) is 73.5 Å². The van der Waals surface area contributed by atoms with Gasteiger partial charge in [0.2, 0.25) is 17.7 Å². The molecule has 5 N–H and O–H groups in total. The van der Waals surface area contributed by atoms with Crippen molar-refractivity contribution in [2.75, 3.05) is 56.9 Å². The summed E-state index contributed by atoms with van der Waals surface area (Å²) in [6.07, 6.45) is 6.99. The molecule has 0 radical (unpaired) electrons. The number of rotatable bonds is 8. The van der Waals surface area contributed by atoms with E-state index in [1.165, 1.54) is 7.05 Å². The molecule has 3 aliphatic rings. The third-order valence-electron chi connectivity index (χ3n) is 9.82. The summed E-state index contributed by atoms with van der Waals surface area (Å²) in [4.78, 5) is 44.4. The third kappa shape index (κ3) is 6.84. The second-order valence-electron chi connectivity index (χ2n) is 13.3. The molecule has 2 fully saturated rings. The van der Waals surface area contributed by atoms with Crippen LogP contribution in [0.15, 0.2) is 60.9 Å². The largest absolute Gasteiger partial charge is 0.413 e. The van der Waals surface area contributed by atoms with E-state index in [1.54, 1.807) is 34.0 Å². The van der Waals surface area contributed by atoms with Gasteiger partial charge < -0.3 is 25.6 Å². The highest BCUT2D eigenvalue weighted by atomic mass is 16.6. The zero-order chi connectivity index (χ0) is 34.9. The molecule has 0 saturated carbocycles. The Morgan fingerprint density at radius 1 is 1.06 bits per heavy atom. The number of nitrogens with one attached hydrogen (secondary N) is 3. The maximum absolute atomic E-state index is 13.9. The quantitative estimate of drug-likeness (QED) is 0.160. The predicted molar refractivity (Wildman–Crippen MR) is 188 cm³/mol. The first-order valence-corrected chi connectivity index (χ1v) is 16.6. The van der Waals surface area contributed by atoms with Crippen molar-refractivity contribution in [3.8, 4) is 0 Å². The summed E-state index contributed by atoms with van der Waals surface area (Å²) in [7, 11) is 1.44. The Balaban J connectivity index is 1.04. The highest BCUT2D eigenvalue weighted by molar-refractivity contribution is 6.14. The van der Waals surface area contributed by atoms with Gasteiger partial charge in [-0.1, -0.05) is 18.2 Å². The van der Waals surface area contributed by atoms with Gasteiger partial charge >= 0.3 is 6.09 Å². The van der Waals surface area contributed by atoms with E-state index in [2.05, 4.69) is 21.4 Å². The number of carbonyl (C=O) groups is 3. The number of nitrogen functional groups attached to an aromatic ring is 1. The number of carbonyl (C=O) groups excluding carboxylic acids is 3. The van der Waals surface area contributed by atoms with Crippen LogP contribution in [-0.2, 0) is 14.3 Å². The van der Waals surface area contributed by atoms with Crippen LogP contribution in [0.4, 0.5) is 16.2 Å². The van der Waals surface area contributed by atoms with Crippen molar-refractivity contribution in [3.63, 3.8) is 0 Å². The van der Waals surface area contributed by atoms with Crippen LogP contribution in [0.2, 0.25) is 0 Å². The van der Waals surface area contributed by atoms with Crippen molar-refractivity contribution in [1.29, 1.82) is 10.8 Å². The van der Waals surface area contributed by atoms with Gasteiger partial charge in [-0.05, 0) is 81.1 Å². The molecule has 0 bridgehead atoms. The van der Waals surface area contributed by atoms with Crippen molar-refractivity contribution >= 4 is 46.5 Å². The molecule has 13 heteroatoms. The summed E-state index contributed by atoms with van der Waals surface area (Å²) in [6.45, 7) is 7.23. The van der Waals surface area contributed by atoms with Crippen LogP contribution in [0, 0.1) is 16.2 Å². The molecule has 1 atom stereocenters. The van der Waals surface area contributed by atoms with E-state index in [-0.39, 0.29) is 36.0 Å². The molecule has 13 nitrogen and oxygen atoms in total. The fourth-order valence-corrected chi connectivity index (χ4v) is 6.86. The maximum atomic E-state index is 13.9. The van der Waals surface area contributed by atoms with Gasteiger partial charge in [0.1, 0.15) is 0 Å². The van der Waals surface area contributed by atoms with E-state index in [4.69, 9.17) is 21.3 Å². The molecule has 1 spiro atoms. The molecule has 2 saturated heterocycles. The molecule has 0 unspecified atom stereocenters. The highest BCUT2D eigenvalue weighted by Gasteiger charge is 2.51. The zero-order valence-electron chi connectivity index (χ0n) is 28.2. The van der Waals surface area contributed by atoms with E-state index >= 15 is 0 Å². The molecule has 3 aromatic rings. The second-order valence-corrected chi connectivity index (χ2v) is 13.3. The van der Waals surface area contributed by atoms with E-state index in [0.717, 1.165) is 16.8 Å². The summed E-state index contributed by atoms with van der Waals surface area (Å²) < 4.78 is 6.70. The van der Waals surface area contributed by atoms with Gasteiger partial charge in [0.15, 0.2) is 0 Å². The van der Waals surface area contributed by atoms with E-state index in [1.807, 2.05) is 49.2 Å². The molecule has 4 heterocycles. The normalized spacial score (nSPS) is 19.4. The molecule has 0 aliphatic carbocycles. The fourth-order valence-electron chi connectivity index (χ4n) is 6.86. The van der Waals surface area contributed by atoms with Crippen LogP contribution in [0.25, 0.3) is 5.57 Å². The lowest BCUT2D eigenvalue weighted by molar-refractivity contribution is -0.132. The SMILES string of the molecule is CNC(=O)OC(=N)c1ccc(C2=CCN(C(=O)CN3CC[C@]4(CCN(c5ccc(N)c(C(=N)c6cnn(C(C)C)c6)c5)C4=O)C3)CC2)cc1. The minimum atomic E-state index is -0.688. The topological polar surface area (TPSA) is 174 Å². The van der Waals surface area contributed by atoms with Gasteiger partial charge in [-0.3, -0.25) is 30.0 Å². The standard InChI is InChI=1S/C36H43N9O4/c1-23(2)45-20-27(19-41-45)32(38)29-18-28(8-9-30(29)37)44-17-13-36(34(44)47)12-16-42(22-36)21-31(46)43-14-10-25(11-15-43)24-4-6-26(7-5-24)33(39)49-35(48)40-3/h4-10,18-20,23,38-39H,11-17,21-22,37H2,1-3H3,(H,40,48)/t36-/m0/s1. The van der Waals surface area contributed by atoms with Crippen molar-refractivity contribution in [1.82, 2.24) is 24.9 Å². The number of ether oxygens (including phenoxy) is 1. The number of hydrogen-bond donors (Lipinski definition) is 4. The Morgan fingerprint density at radius 3 is 2.49 bits per heavy atom. The van der Waals surface area contributed by atoms with Gasteiger partial charge in [0.05, 0.1) is 23.9 Å². The Bertz CT molecular complexity index is 1830. The molecule has 1 aromatic heterocycles. The molecule has 49 heavy (non-hydrogen) atoms. The highest BCUT2D eigenvalue weighted by Crippen LogP contribution is 2.43.